The van der Waals surface area contributed by atoms with Crippen LogP contribution in [0.4, 0.5) is 0 Å². The third-order valence-corrected chi connectivity index (χ3v) is 5.88. The number of hydrogen-bond donors (Lipinski definition) is 0. The third kappa shape index (κ3) is 4.03. The Morgan fingerprint density at radius 1 is 0.870 bits per heavy atom. The molecule has 1 amide bonds. The Kier molecular flexibility index (Phi) is 5.87. The summed E-state index contributed by atoms with van der Waals surface area (Å²) in [5.41, 5.74) is 0.604. The first-order valence-electron chi connectivity index (χ1n) is 8.94. The van der Waals surface area contributed by atoms with Gasteiger partial charge in [-0.2, -0.15) is 0 Å². The van der Waals surface area contributed by atoms with Crippen molar-refractivity contribution in [3.05, 3.63) is 33.8 Å². The lowest BCUT2D eigenvalue weighted by Gasteiger charge is -2.42. The Hall–Kier alpha value is -0.730. The highest BCUT2D eigenvalue weighted by Crippen LogP contribution is 2.33. The molecule has 126 valence electrons. The highest BCUT2D eigenvalue weighted by Gasteiger charge is 2.33. The van der Waals surface area contributed by atoms with Crippen LogP contribution in [0.1, 0.15) is 74.6 Å². The number of halogens is 2. The second-order valence-electron chi connectivity index (χ2n) is 6.92. The molecule has 0 N–H and O–H groups in total. The summed E-state index contributed by atoms with van der Waals surface area (Å²) in [6.45, 7) is 0. The van der Waals surface area contributed by atoms with Gasteiger partial charge >= 0.3 is 0 Å². The average Bonchev–Trinajstić information content (AvgIpc) is 2.57. The largest absolute Gasteiger partial charge is 0.333 e. The van der Waals surface area contributed by atoms with Crippen molar-refractivity contribution in [1.82, 2.24) is 4.90 Å². The molecule has 0 saturated heterocycles. The van der Waals surface area contributed by atoms with Gasteiger partial charge in [0.1, 0.15) is 0 Å². The van der Waals surface area contributed by atoms with Crippen LogP contribution in [0.2, 0.25) is 10.0 Å². The minimum atomic E-state index is 0.102. The van der Waals surface area contributed by atoms with Crippen molar-refractivity contribution in [1.29, 1.82) is 0 Å². The van der Waals surface area contributed by atoms with Crippen LogP contribution in [0, 0.1) is 0 Å². The molecule has 2 saturated carbocycles. The van der Waals surface area contributed by atoms with E-state index in [0.29, 0.717) is 27.7 Å². The van der Waals surface area contributed by atoms with Crippen molar-refractivity contribution >= 4 is 29.1 Å². The maximum Gasteiger partial charge on any atom is 0.255 e. The molecule has 23 heavy (non-hydrogen) atoms. The predicted octanol–water partition coefficient (Wildman–Crippen LogP) is 6.10. The first kappa shape index (κ1) is 17.1. The molecule has 0 unspecified atom stereocenters. The number of benzene rings is 1. The molecular formula is C19H25Cl2NO. The van der Waals surface area contributed by atoms with Gasteiger partial charge in [-0.3, -0.25) is 4.79 Å². The van der Waals surface area contributed by atoms with Gasteiger partial charge in [0.25, 0.3) is 5.91 Å². The Morgan fingerprint density at radius 2 is 1.39 bits per heavy atom. The van der Waals surface area contributed by atoms with Crippen molar-refractivity contribution in [2.24, 2.45) is 0 Å². The van der Waals surface area contributed by atoms with Crippen LogP contribution in [0.15, 0.2) is 18.2 Å². The fourth-order valence-corrected chi connectivity index (χ4v) is 4.64. The van der Waals surface area contributed by atoms with E-state index in [1.807, 2.05) is 0 Å². The number of amides is 1. The smallest absolute Gasteiger partial charge is 0.255 e. The molecule has 2 fully saturated rings. The molecule has 1 aromatic carbocycles. The van der Waals surface area contributed by atoms with E-state index in [4.69, 9.17) is 23.2 Å². The molecule has 0 spiro atoms. The molecule has 0 heterocycles. The number of nitrogens with zero attached hydrogens (tertiary/aromatic N) is 1. The summed E-state index contributed by atoms with van der Waals surface area (Å²) in [5.74, 6) is 0.102. The molecule has 4 heteroatoms. The van der Waals surface area contributed by atoms with Crippen LogP contribution in [0.3, 0.4) is 0 Å². The lowest BCUT2D eigenvalue weighted by atomic mass is 9.88. The maximum absolute atomic E-state index is 13.3. The van der Waals surface area contributed by atoms with Gasteiger partial charge in [-0.1, -0.05) is 61.7 Å². The molecule has 3 rings (SSSR count). The third-order valence-electron chi connectivity index (χ3n) is 5.33. The molecule has 2 aliphatic rings. The maximum atomic E-state index is 13.3. The summed E-state index contributed by atoms with van der Waals surface area (Å²) < 4.78 is 0. The van der Waals surface area contributed by atoms with Gasteiger partial charge in [-0.05, 0) is 43.9 Å². The second-order valence-corrected chi connectivity index (χ2v) is 7.76. The lowest BCUT2D eigenvalue weighted by Crippen LogP contribution is -2.48. The zero-order chi connectivity index (χ0) is 16.2. The van der Waals surface area contributed by atoms with Gasteiger partial charge < -0.3 is 4.90 Å². The van der Waals surface area contributed by atoms with Crippen LogP contribution in [0.5, 0.6) is 0 Å². The van der Waals surface area contributed by atoms with Crippen LogP contribution >= 0.6 is 23.2 Å². The monoisotopic (exact) mass is 353 g/mol. The summed E-state index contributed by atoms with van der Waals surface area (Å²) >= 11 is 12.3. The topological polar surface area (TPSA) is 20.3 Å². The van der Waals surface area contributed by atoms with Crippen molar-refractivity contribution < 1.29 is 4.79 Å². The van der Waals surface area contributed by atoms with Crippen LogP contribution < -0.4 is 0 Å². The Bertz CT molecular complexity index is 530. The molecule has 2 aliphatic carbocycles. The normalized spacial score (nSPS) is 20.4. The molecule has 0 bridgehead atoms. The SMILES string of the molecule is O=C(c1ccc(Cl)cc1Cl)N(C1CCCCC1)C1CCCCC1. The minimum Gasteiger partial charge on any atom is -0.333 e. The van der Waals surface area contributed by atoms with Gasteiger partial charge in [0.15, 0.2) is 0 Å². The van der Waals surface area contributed by atoms with E-state index in [1.165, 1.54) is 38.5 Å². The summed E-state index contributed by atoms with van der Waals surface area (Å²) in [5, 5.41) is 1.05. The zero-order valence-corrected chi connectivity index (χ0v) is 15.1. The highest BCUT2D eigenvalue weighted by molar-refractivity contribution is 6.36. The van der Waals surface area contributed by atoms with Gasteiger partial charge in [0.2, 0.25) is 0 Å². The number of rotatable bonds is 3. The van der Waals surface area contributed by atoms with E-state index in [1.54, 1.807) is 18.2 Å². The van der Waals surface area contributed by atoms with Crippen molar-refractivity contribution in [2.75, 3.05) is 0 Å². The minimum absolute atomic E-state index is 0.102. The van der Waals surface area contributed by atoms with E-state index in [9.17, 15) is 4.79 Å². The van der Waals surface area contributed by atoms with Crippen molar-refractivity contribution in [3.63, 3.8) is 0 Å². The molecule has 2 nitrogen and oxygen atoms in total. The van der Waals surface area contributed by atoms with Gasteiger partial charge in [0.05, 0.1) is 10.6 Å². The van der Waals surface area contributed by atoms with Crippen LogP contribution in [-0.4, -0.2) is 22.9 Å². The first-order chi connectivity index (χ1) is 11.2. The van der Waals surface area contributed by atoms with Gasteiger partial charge in [0, 0.05) is 17.1 Å². The Morgan fingerprint density at radius 3 is 1.87 bits per heavy atom. The predicted molar refractivity (Wildman–Crippen MR) is 96.4 cm³/mol. The van der Waals surface area contributed by atoms with E-state index in [2.05, 4.69) is 4.90 Å². The molecule has 0 aliphatic heterocycles. The summed E-state index contributed by atoms with van der Waals surface area (Å²) in [6, 6.07) is 5.99. The molecular weight excluding hydrogens is 329 g/mol. The summed E-state index contributed by atoms with van der Waals surface area (Å²) in [6.07, 6.45) is 12.0. The number of carbonyl (C=O) groups excluding carboxylic acids is 1. The van der Waals surface area contributed by atoms with Crippen molar-refractivity contribution in [3.8, 4) is 0 Å². The van der Waals surface area contributed by atoms with E-state index < -0.39 is 0 Å². The number of carbonyl (C=O) groups is 1. The first-order valence-corrected chi connectivity index (χ1v) is 9.70. The number of hydrogen-bond acceptors (Lipinski definition) is 1. The van der Waals surface area contributed by atoms with Crippen LogP contribution in [0.25, 0.3) is 0 Å². The Balaban J connectivity index is 1.87. The van der Waals surface area contributed by atoms with Crippen LogP contribution in [-0.2, 0) is 0 Å². The van der Waals surface area contributed by atoms with Crippen molar-refractivity contribution in [2.45, 2.75) is 76.3 Å². The molecule has 0 radical (unpaired) electrons. The van der Waals surface area contributed by atoms with E-state index >= 15 is 0 Å². The zero-order valence-electron chi connectivity index (χ0n) is 13.6. The van der Waals surface area contributed by atoms with Gasteiger partial charge in [-0.15, -0.1) is 0 Å². The lowest BCUT2D eigenvalue weighted by molar-refractivity contribution is 0.0448. The average molecular weight is 354 g/mol. The van der Waals surface area contributed by atoms with E-state index in [0.717, 1.165) is 25.7 Å². The quantitative estimate of drug-likeness (QED) is 0.642. The Labute approximate surface area is 149 Å². The fourth-order valence-electron chi connectivity index (χ4n) is 4.15. The fraction of sp³-hybridized carbons (Fsp3) is 0.632. The van der Waals surface area contributed by atoms with Gasteiger partial charge in [-0.25, -0.2) is 0 Å². The highest BCUT2D eigenvalue weighted by atomic mass is 35.5. The molecule has 0 atom stereocenters. The molecule has 0 aromatic heterocycles. The molecule has 1 aromatic rings. The summed E-state index contributed by atoms with van der Waals surface area (Å²) in [7, 11) is 0. The standard InChI is InChI=1S/C19H25Cl2NO/c20-14-11-12-17(18(21)13-14)19(23)22(15-7-3-1-4-8-15)16-9-5-2-6-10-16/h11-13,15-16H,1-10H2. The summed E-state index contributed by atoms with van der Waals surface area (Å²) in [4.78, 5) is 15.5. The second kappa shape index (κ2) is 7.90. The van der Waals surface area contributed by atoms with E-state index in [-0.39, 0.29) is 5.91 Å².